The molecular weight excluding hydrogens is 326 g/mol. The van der Waals surface area contributed by atoms with E-state index in [1.165, 1.54) is 11.3 Å². The number of carbonyl (C=O) groups is 1. The molecule has 0 saturated carbocycles. The number of fused-ring (bicyclic) bond motifs is 1. The molecule has 0 saturated heterocycles. The summed E-state index contributed by atoms with van der Waals surface area (Å²) in [6.07, 6.45) is 3.51. The molecule has 2 N–H and O–H groups in total. The van der Waals surface area contributed by atoms with Crippen LogP contribution in [0.4, 0.5) is 5.13 Å². The van der Waals surface area contributed by atoms with Gasteiger partial charge in [0.15, 0.2) is 10.2 Å². The van der Waals surface area contributed by atoms with E-state index in [0.717, 1.165) is 29.5 Å². The van der Waals surface area contributed by atoms with Crippen molar-refractivity contribution in [2.75, 3.05) is 5.32 Å². The van der Waals surface area contributed by atoms with E-state index in [1.54, 1.807) is 6.07 Å². The summed E-state index contributed by atoms with van der Waals surface area (Å²) in [5, 5.41) is 7.20. The summed E-state index contributed by atoms with van der Waals surface area (Å²) in [4.78, 5) is 16.0. The van der Waals surface area contributed by atoms with Crippen molar-refractivity contribution < 1.29 is 4.79 Å². The summed E-state index contributed by atoms with van der Waals surface area (Å²) in [5.41, 5.74) is 0.851. The summed E-state index contributed by atoms with van der Waals surface area (Å²) in [5.74, 6) is -0.0647. The monoisotopic (exact) mass is 341 g/mol. The molecule has 0 radical (unpaired) electrons. The van der Waals surface area contributed by atoms with Crippen LogP contribution in [-0.2, 0) is 4.79 Å². The van der Waals surface area contributed by atoms with Gasteiger partial charge in [0.05, 0.1) is 10.2 Å². The molecule has 2 aromatic rings. The number of hydrogen-bond acceptors (Lipinski definition) is 4. The van der Waals surface area contributed by atoms with E-state index in [9.17, 15) is 4.79 Å². The molecular formula is C14H16ClN3OS2. The number of benzene rings is 1. The molecule has 1 aromatic carbocycles. The topological polar surface area (TPSA) is 54.0 Å². The SMILES string of the molecule is CCCCCC(=O)NC(=S)Nc1nc2ccc(Cl)cc2s1. The van der Waals surface area contributed by atoms with Gasteiger partial charge in [-0.1, -0.05) is 42.7 Å². The third-order valence-electron chi connectivity index (χ3n) is 2.83. The summed E-state index contributed by atoms with van der Waals surface area (Å²) in [6, 6.07) is 5.50. The van der Waals surface area contributed by atoms with Gasteiger partial charge in [-0.25, -0.2) is 4.98 Å². The molecule has 112 valence electrons. The minimum atomic E-state index is -0.0647. The molecule has 1 aromatic heterocycles. The lowest BCUT2D eigenvalue weighted by molar-refractivity contribution is -0.119. The number of thiazole rings is 1. The van der Waals surface area contributed by atoms with Gasteiger partial charge in [0.2, 0.25) is 5.91 Å². The van der Waals surface area contributed by atoms with E-state index >= 15 is 0 Å². The lowest BCUT2D eigenvalue weighted by Crippen LogP contribution is -2.33. The van der Waals surface area contributed by atoms with E-state index in [-0.39, 0.29) is 11.0 Å². The zero-order valence-electron chi connectivity index (χ0n) is 11.6. The molecule has 0 aliphatic heterocycles. The van der Waals surface area contributed by atoms with Crippen molar-refractivity contribution in [1.29, 1.82) is 0 Å². The van der Waals surface area contributed by atoms with Crippen LogP contribution in [-0.4, -0.2) is 16.0 Å². The quantitative estimate of drug-likeness (QED) is 0.627. The Morgan fingerprint density at radius 3 is 3.00 bits per heavy atom. The second kappa shape index (κ2) is 7.68. The average molecular weight is 342 g/mol. The predicted octanol–water partition coefficient (Wildman–Crippen LogP) is 4.34. The van der Waals surface area contributed by atoms with Crippen molar-refractivity contribution in [3.63, 3.8) is 0 Å². The summed E-state index contributed by atoms with van der Waals surface area (Å²) >= 11 is 12.5. The fraction of sp³-hybridized carbons (Fsp3) is 0.357. The maximum atomic E-state index is 11.7. The zero-order valence-corrected chi connectivity index (χ0v) is 14.0. The van der Waals surface area contributed by atoms with Crippen LogP contribution in [0.5, 0.6) is 0 Å². The second-order valence-electron chi connectivity index (χ2n) is 4.59. The number of unbranched alkanes of at least 4 members (excludes halogenated alkanes) is 2. The number of aromatic nitrogens is 1. The third kappa shape index (κ3) is 4.91. The number of amides is 1. The van der Waals surface area contributed by atoms with Crippen molar-refractivity contribution >= 4 is 61.5 Å². The molecule has 0 spiro atoms. The largest absolute Gasteiger partial charge is 0.308 e. The minimum absolute atomic E-state index is 0.0647. The number of hydrogen-bond donors (Lipinski definition) is 2. The van der Waals surface area contributed by atoms with Crippen molar-refractivity contribution in [2.45, 2.75) is 32.6 Å². The number of rotatable bonds is 5. The Hall–Kier alpha value is -1.24. The molecule has 1 amide bonds. The third-order valence-corrected chi connectivity index (χ3v) is 4.20. The van der Waals surface area contributed by atoms with E-state index in [2.05, 4.69) is 22.5 Å². The standard InChI is InChI=1S/C14H16ClN3OS2/c1-2-3-4-5-12(19)17-13(20)18-14-16-10-7-6-9(15)8-11(10)21-14/h6-8H,2-5H2,1H3,(H2,16,17,18,19,20). The first kappa shape index (κ1) is 16.1. The number of thiocarbonyl (C=S) groups is 1. The van der Waals surface area contributed by atoms with Crippen LogP contribution in [0.3, 0.4) is 0 Å². The van der Waals surface area contributed by atoms with Crippen molar-refractivity contribution in [3.05, 3.63) is 23.2 Å². The van der Waals surface area contributed by atoms with Crippen LogP contribution in [0.2, 0.25) is 5.02 Å². The summed E-state index contributed by atoms with van der Waals surface area (Å²) in [6.45, 7) is 2.10. The van der Waals surface area contributed by atoms with E-state index < -0.39 is 0 Å². The second-order valence-corrected chi connectivity index (χ2v) is 6.47. The average Bonchev–Trinajstić information content (AvgIpc) is 2.79. The maximum absolute atomic E-state index is 11.7. The molecule has 0 bridgehead atoms. The van der Waals surface area contributed by atoms with Crippen LogP contribution in [0.25, 0.3) is 10.2 Å². The molecule has 7 heteroatoms. The predicted molar refractivity (Wildman–Crippen MR) is 93.1 cm³/mol. The highest BCUT2D eigenvalue weighted by Gasteiger charge is 2.08. The van der Waals surface area contributed by atoms with Gasteiger partial charge in [0, 0.05) is 11.4 Å². The summed E-state index contributed by atoms with van der Waals surface area (Å²) < 4.78 is 0.974. The highest BCUT2D eigenvalue weighted by atomic mass is 35.5. The molecule has 1 heterocycles. The van der Waals surface area contributed by atoms with E-state index in [0.29, 0.717) is 16.6 Å². The Morgan fingerprint density at radius 1 is 1.43 bits per heavy atom. The van der Waals surface area contributed by atoms with E-state index in [1.807, 2.05) is 12.1 Å². The van der Waals surface area contributed by atoms with Crippen molar-refractivity contribution in [3.8, 4) is 0 Å². The van der Waals surface area contributed by atoms with Crippen LogP contribution < -0.4 is 10.6 Å². The first-order valence-corrected chi connectivity index (χ1v) is 8.35. The number of nitrogens with one attached hydrogen (secondary N) is 2. The van der Waals surface area contributed by atoms with Crippen LogP contribution >= 0.6 is 35.2 Å². The molecule has 0 aliphatic carbocycles. The first-order chi connectivity index (χ1) is 10.1. The Morgan fingerprint density at radius 2 is 2.24 bits per heavy atom. The fourth-order valence-corrected chi connectivity index (χ4v) is 3.23. The smallest absolute Gasteiger partial charge is 0.226 e. The lowest BCUT2D eigenvalue weighted by atomic mass is 10.2. The van der Waals surface area contributed by atoms with Crippen molar-refractivity contribution in [2.24, 2.45) is 0 Å². The van der Waals surface area contributed by atoms with Crippen LogP contribution in [0.15, 0.2) is 18.2 Å². The number of nitrogens with zero attached hydrogens (tertiary/aromatic N) is 1. The molecule has 21 heavy (non-hydrogen) atoms. The van der Waals surface area contributed by atoms with Gasteiger partial charge >= 0.3 is 0 Å². The molecule has 2 rings (SSSR count). The number of anilines is 1. The van der Waals surface area contributed by atoms with Gasteiger partial charge in [0.25, 0.3) is 0 Å². The van der Waals surface area contributed by atoms with Gasteiger partial charge < -0.3 is 10.6 Å². The molecule has 0 aliphatic rings. The molecule has 0 atom stereocenters. The molecule has 0 fully saturated rings. The fourth-order valence-electron chi connectivity index (χ4n) is 1.80. The molecule has 4 nitrogen and oxygen atoms in total. The minimum Gasteiger partial charge on any atom is -0.308 e. The maximum Gasteiger partial charge on any atom is 0.226 e. The highest BCUT2D eigenvalue weighted by Crippen LogP contribution is 2.28. The normalized spacial score (nSPS) is 10.6. The van der Waals surface area contributed by atoms with Gasteiger partial charge in [-0.15, -0.1) is 0 Å². The Balaban J connectivity index is 1.90. The Bertz CT molecular complexity index is 657. The van der Waals surface area contributed by atoms with Crippen LogP contribution in [0.1, 0.15) is 32.6 Å². The first-order valence-electron chi connectivity index (χ1n) is 6.75. The molecule has 0 unspecified atom stereocenters. The Kier molecular flexibility index (Phi) is 5.90. The van der Waals surface area contributed by atoms with Gasteiger partial charge in [-0.05, 0) is 36.8 Å². The van der Waals surface area contributed by atoms with Gasteiger partial charge in [-0.2, -0.15) is 0 Å². The Labute approximate surface area is 137 Å². The number of carbonyl (C=O) groups excluding carboxylic acids is 1. The summed E-state index contributed by atoms with van der Waals surface area (Å²) in [7, 11) is 0. The highest BCUT2D eigenvalue weighted by molar-refractivity contribution is 7.80. The van der Waals surface area contributed by atoms with E-state index in [4.69, 9.17) is 23.8 Å². The van der Waals surface area contributed by atoms with Crippen LogP contribution in [0, 0.1) is 0 Å². The van der Waals surface area contributed by atoms with Gasteiger partial charge in [-0.3, -0.25) is 4.79 Å². The lowest BCUT2D eigenvalue weighted by Gasteiger charge is -2.06. The van der Waals surface area contributed by atoms with Gasteiger partial charge in [0.1, 0.15) is 0 Å². The van der Waals surface area contributed by atoms with Crippen molar-refractivity contribution in [1.82, 2.24) is 10.3 Å². The zero-order chi connectivity index (χ0) is 15.2. The number of halogens is 1.